The summed E-state index contributed by atoms with van der Waals surface area (Å²) in [7, 11) is 0. The van der Waals surface area contributed by atoms with Crippen molar-refractivity contribution in [2.75, 3.05) is 18.1 Å². The largest absolute Gasteiger partial charge is 0.477 e. The highest BCUT2D eigenvalue weighted by Gasteiger charge is 2.53. The van der Waals surface area contributed by atoms with Crippen LogP contribution in [0.2, 0.25) is 0 Å². The number of thiazole rings is 1. The van der Waals surface area contributed by atoms with Crippen LogP contribution in [-0.2, 0) is 19.2 Å². The number of carbonyl (C=O) groups excluding carboxylic acids is 2. The number of oxime groups is 1. The Hall–Kier alpha value is -2.60. The van der Waals surface area contributed by atoms with Crippen LogP contribution < -0.4 is 11.1 Å². The van der Waals surface area contributed by atoms with E-state index in [1.54, 1.807) is 5.38 Å². The summed E-state index contributed by atoms with van der Waals surface area (Å²) in [6.07, 6.45) is 5.48. The Morgan fingerprint density at radius 2 is 2.23 bits per heavy atom. The Morgan fingerprint density at radius 1 is 1.43 bits per heavy atom. The monoisotopic (exact) mass is 453 g/mol. The number of nitrogen functional groups attached to an aromatic ring is 1. The lowest BCUT2D eigenvalue weighted by atomic mass is 10.0. The summed E-state index contributed by atoms with van der Waals surface area (Å²) in [6, 6.07) is -0.851. The molecule has 0 radical (unpaired) electrons. The molecular weight excluding hydrogens is 430 g/mol. The standard InChI is InChI=1S/C18H23N5O5S2/c1-2-3-4-5-7-28-22-12(10-9-30-18(19)20-10)14(24)21-13-15(25)23-11(17(26)27)6-8-29-16(13)23/h6,9,13,16H,2-5,7-8H2,1H3,(H2,19,20)(H,21,24)(H,26,27)/b22-12+/t13?,16-/m1/s1. The second-order valence-corrected chi connectivity index (χ2v) is 8.72. The first kappa shape index (κ1) is 22.1. The third-order valence-electron chi connectivity index (χ3n) is 4.58. The van der Waals surface area contributed by atoms with Crippen molar-refractivity contribution in [2.45, 2.75) is 44.0 Å². The Kier molecular flexibility index (Phi) is 7.32. The van der Waals surface area contributed by atoms with E-state index < -0.39 is 29.2 Å². The Balaban J connectivity index is 1.67. The van der Waals surface area contributed by atoms with Gasteiger partial charge < -0.3 is 21.0 Å². The molecule has 2 aliphatic rings. The summed E-state index contributed by atoms with van der Waals surface area (Å²) < 4.78 is 0. The van der Waals surface area contributed by atoms with E-state index in [1.165, 1.54) is 22.7 Å². The van der Waals surface area contributed by atoms with Gasteiger partial charge in [0.25, 0.3) is 11.8 Å². The molecule has 1 aromatic heterocycles. The molecule has 2 amide bonds. The van der Waals surface area contributed by atoms with E-state index >= 15 is 0 Å². The molecule has 162 valence electrons. The normalized spacial score (nSPS) is 20.8. The van der Waals surface area contributed by atoms with E-state index in [1.807, 2.05) is 0 Å². The first-order chi connectivity index (χ1) is 14.4. The molecule has 0 bridgehead atoms. The van der Waals surface area contributed by atoms with Gasteiger partial charge in [-0.3, -0.25) is 14.5 Å². The number of nitrogens with two attached hydrogens (primary N) is 1. The molecule has 10 nitrogen and oxygen atoms in total. The van der Waals surface area contributed by atoms with Crippen LogP contribution in [0.1, 0.15) is 38.3 Å². The summed E-state index contributed by atoms with van der Waals surface area (Å²) in [5.41, 5.74) is 5.80. The van der Waals surface area contributed by atoms with Crippen LogP contribution in [0.15, 0.2) is 22.3 Å². The van der Waals surface area contributed by atoms with E-state index in [-0.39, 0.29) is 22.2 Å². The number of nitrogens with zero attached hydrogens (tertiary/aromatic N) is 3. The predicted molar refractivity (Wildman–Crippen MR) is 114 cm³/mol. The zero-order valence-electron chi connectivity index (χ0n) is 16.4. The molecule has 3 rings (SSSR count). The highest BCUT2D eigenvalue weighted by atomic mass is 32.2. The molecule has 1 unspecified atom stereocenters. The maximum absolute atomic E-state index is 12.8. The van der Waals surface area contributed by atoms with Crippen LogP contribution >= 0.6 is 23.1 Å². The van der Waals surface area contributed by atoms with Gasteiger partial charge >= 0.3 is 5.97 Å². The number of carboxylic acid groups (broad SMARTS) is 1. The number of thioether (sulfide) groups is 1. The first-order valence-corrected chi connectivity index (χ1v) is 11.5. The van der Waals surface area contributed by atoms with Gasteiger partial charge in [0, 0.05) is 11.1 Å². The topological polar surface area (TPSA) is 147 Å². The smallest absolute Gasteiger partial charge is 0.352 e. The van der Waals surface area contributed by atoms with Gasteiger partial charge in [-0.1, -0.05) is 24.9 Å². The fourth-order valence-electron chi connectivity index (χ4n) is 3.05. The van der Waals surface area contributed by atoms with Gasteiger partial charge in [0.2, 0.25) is 0 Å². The van der Waals surface area contributed by atoms with Crippen molar-refractivity contribution >= 4 is 51.7 Å². The number of aromatic nitrogens is 1. The number of amides is 2. The van der Waals surface area contributed by atoms with Crippen LogP contribution in [-0.4, -0.2) is 62.3 Å². The quantitative estimate of drug-likeness (QED) is 0.208. The Labute approximate surface area is 181 Å². The molecule has 1 saturated heterocycles. The minimum Gasteiger partial charge on any atom is -0.477 e. The lowest BCUT2D eigenvalue weighted by Gasteiger charge is -2.48. The van der Waals surface area contributed by atoms with Crippen molar-refractivity contribution in [2.24, 2.45) is 5.16 Å². The van der Waals surface area contributed by atoms with E-state index in [4.69, 9.17) is 10.6 Å². The van der Waals surface area contributed by atoms with Gasteiger partial charge in [0.05, 0.1) is 0 Å². The number of unbranched alkanes of at least 4 members (excludes halogenated alkanes) is 3. The average molecular weight is 454 g/mol. The second-order valence-electron chi connectivity index (χ2n) is 6.68. The first-order valence-electron chi connectivity index (χ1n) is 9.54. The number of hydrogen-bond acceptors (Lipinski definition) is 9. The molecule has 1 aromatic rings. The number of hydrogen-bond donors (Lipinski definition) is 3. The van der Waals surface area contributed by atoms with E-state index in [0.29, 0.717) is 12.4 Å². The number of anilines is 1. The fourth-order valence-corrected chi connectivity index (χ4v) is 4.79. The highest BCUT2D eigenvalue weighted by molar-refractivity contribution is 8.00. The molecular formula is C18H23N5O5S2. The molecule has 30 heavy (non-hydrogen) atoms. The minimum absolute atomic E-state index is 0.0640. The third-order valence-corrected chi connectivity index (χ3v) is 6.43. The number of rotatable bonds is 10. The average Bonchev–Trinajstić information content (AvgIpc) is 3.16. The molecule has 1 fully saturated rings. The number of fused-ring (bicyclic) bond motifs is 1. The number of carbonyl (C=O) groups is 3. The van der Waals surface area contributed by atoms with Crippen molar-refractivity contribution in [3.05, 3.63) is 22.8 Å². The Bertz CT molecular complexity index is 884. The van der Waals surface area contributed by atoms with Crippen molar-refractivity contribution in [1.82, 2.24) is 15.2 Å². The van der Waals surface area contributed by atoms with Crippen molar-refractivity contribution < 1.29 is 24.3 Å². The van der Waals surface area contributed by atoms with Gasteiger partial charge in [0.1, 0.15) is 29.4 Å². The van der Waals surface area contributed by atoms with Gasteiger partial charge in [0.15, 0.2) is 10.8 Å². The van der Waals surface area contributed by atoms with Gasteiger partial charge in [-0.05, 0) is 18.9 Å². The fraction of sp³-hybridized carbons (Fsp3) is 0.500. The Morgan fingerprint density at radius 3 is 2.90 bits per heavy atom. The van der Waals surface area contributed by atoms with E-state index in [2.05, 4.69) is 22.4 Å². The van der Waals surface area contributed by atoms with Crippen LogP contribution in [0.4, 0.5) is 5.13 Å². The number of carboxylic acids is 1. The van der Waals surface area contributed by atoms with Crippen molar-refractivity contribution in [3.8, 4) is 0 Å². The van der Waals surface area contributed by atoms with Gasteiger partial charge in [-0.25, -0.2) is 9.78 Å². The highest BCUT2D eigenvalue weighted by Crippen LogP contribution is 2.37. The van der Waals surface area contributed by atoms with E-state index in [9.17, 15) is 19.5 Å². The molecule has 4 N–H and O–H groups in total. The maximum atomic E-state index is 12.8. The molecule has 2 atom stereocenters. The maximum Gasteiger partial charge on any atom is 0.352 e. The molecule has 0 aromatic carbocycles. The van der Waals surface area contributed by atoms with Crippen molar-refractivity contribution in [3.63, 3.8) is 0 Å². The van der Waals surface area contributed by atoms with Crippen molar-refractivity contribution in [1.29, 1.82) is 0 Å². The zero-order valence-corrected chi connectivity index (χ0v) is 18.0. The summed E-state index contributed by atoms with van der Waals surface area (Å²) >= 11 is 2.53. The van der Waals surface area contributed by atoms with Gasteiger partial charge in [-0.2, -0.15) is 0 Å². The summed E-state index contributed by atoms with van der Waals surface area (Å²) in [5.74, 6) is -1.84. The second kappa shape index (κ2) is 9.94. The number of β-lactam (4-membered cyclic amide) rings is 1. The molecule has 0 saturated carbocycles. The number of nitrogens with one attached hydrogen (secondary N) is 1. The molecule has 3 heterocycles. The zero-order chi connectivity index (χ0) is 21.7. The number of aliphatic carboxylic acids is 1. The summed E-state index contributed by atoms with van der Waals surface area (Å²) in [6.45, 7) is 2.47. The van der Waals surface area contributed by atoms with Crippen LogP contribution in [0.5, 0.6) is 0 Å². The van der Waals surface area contributed by atoms with Crippen LogP contribution in [0.25, 0.3) is 0 Å². The third kappa shape index (κ3) is 4.75. The van der Waals surface area contributed by atoms with E-state index in [0.717, 1.165) is 37.0 Å². The molecule has 0 spiro atoms. The molecule has 2 aliphatic heterocycles. The van der Waals surface area contributed by atoms with Crippen LogP contribution in [0.3, 0.4) is 0 Å². The summed E-state index contributed by atoms with van der Waals surface area (Å²) in [4.78, 5) is 47.2. The predicted octanol–water partition coefficient (Wildman–Crippen LogP) is 1.39. The van der Waals surface area contributed by atoms with Crippen LogP contribution in [0, 0.1) is 0 Å². The van der Waals surface area contributed by atoms with Gasteiger partial charge in [-0.15, -0.1) is 23.1 Å². The lowest BCUT2D eigenvalue weighted by Crippen LogP contribution is -2.70. The SMILES string of the molecule is CCCCCCO/N=C(/C(=O)NC1C(=O)N2C(C(=O)O)=CCS[C@H]12)c1csc(N)n1. The molecule has 12 heteroatoms. The summed E-state index contributed by atoms with van der Waals surface area (Å²) in [5, 5.41) is 17.2. The molecule has 0 aliphatic carbocycles. The lowest BCUT2D eigenvalue weighted by molar-refractivity contribution is -0.150. The minimum atomic E-state index is -1.17.